The summed E-state index contributed by atoms with van der Waals surface area (Å²) < 4.78 is 5.32. The lowest BCUT2D eigenvalue weighted by molar-refractivity contribution is 0.416. The molecule has 1 nitrogen and oxygen atoms in total. The highest BCUT2D eigenvalue weighted by Crippen LogP contribution is 2.29. The third kappa shape index (κ3) is 2.01. The van der Waals surface area contributed by atoms with Gasteiger partial charge in [0.15, 0.2) is 0 Å². The molecule has 0 N–H and O–H groups in total. The van der Waals surface area contributed by atoms with Crippen LogP contribution in [0.25, 0.3) is 11.1 Å². The quantitative estimate of drug-likeness (QED) is 0.715. The van der Waals surface area contributed by atoms with Crippen LogP contribution in [0.1, 0.15) is 5.56 Å². The topological polar surface area (TPSA) is 9.23 Å². The SMILES string of the molecule is [CH2]c1cccc(-c2ccccc2OC)c1. The van der Waals surface area contributed by atoms with Gasteiger partial charge in [-0.2, -0.15) is 0 Å². The normalized spacial score (nSPS) is 10.0. The van der Waals surface area contributed by atoms with E-state index in [0.29, 0.717) is 0 Å². The van der Waals surface area contributed by atoms with Gasteiger partial charge in [0.2, 0.25) is 0 Å². The molecule has 0 heterocycles. The fourth-order valence-electron chi connectivity index (χ4n) is 1.62. The van der Waals surface area contributed by atoms with Crippen LogP contribution >= 0.6 is 0 Å². The minimum absolute atomic E-state index is 0.892. The second-order valence-corrected chi connectivity index (χ2v) is 3.40. The lowest BCUT2D eigenvalue weighted by Gasteiger charge is -2.08. The van der Waals surface area contributed by atoms with E-state index in [1.807, 2.05) is 36.4 Å². The van der Waals surface area contributed by atoms with E-state index in [0.717, 1.165) is 22.4 Å². The monoisotopic (exact) mass is 197 g/mol. The zero-order valence-electron chi connectivity index (χ0n) is 8.73. The van der Waals surface area contributed by atoms with Crippen LogP contribution < -0.4 is 4.74 Å². The molecule has 1 radical (unpaired) electrons. The number of benzene rings is 2. The average molecular weight is 197 g/mol. The highest BCUT2D eigenvalue weighted by molar-refractivity contribution is 5.70. The van der Waals surface area contributed by atoms with Crippen molar-refractivity contribution in [2.24, 2.45) is 0 Å². The van der Waals surface area contributed by atoms with E-state index in [-0.39, 0.29) is 0 Å². The molecule has 0 atom stereocenters. The zero-order valence-corrected chi connectivity index (χ0v) is 8.73. The van der Waals surface area contributed by atoms with Gasteiger partial charge in [0.25, 0.3) is 0 Å². The summed E-state index contributed by atoms with van der Waals surface area (Å²) in [5.74, 6) is 0.892. The molecule has 2 aromatic rings. The molecule has 2 rings (SSSR count). The molecular weight excluding hydrogens is 184 g/mol. The first kappa shape index (κ1) is 9.78. The number of methoxy groups -OCH3 is 1. The van der Waals surface area contributed by atoms with Crippen molar-refractivity contribution in [1.82, 2.24) is 0 Å². The lowest BCUT2D eigenvalue weighted by Crippen LogP contribution is -1.87. The van der Waals surface area contributed by atoms with Gasteiger partial charge < -0.3 is 4.74 Å². The van der Waals surface area contributed by atoms with E-state index in [2.05, 4.69) is 19.1 Å². The Balaban J connectivity index is 2.53. The maximum absolute atomic E-state index is 5.32. The van der Waals surface area contributed by atoms with Gasteiger partial charge in [-0.1, -0.05) is 42.5 Å². The van der Waals surface area contributed by atoms with Gasteiger partial charge >= 0.3 is 0 Å². The molecule has 15 heavy (non-hydrogen) atoms. The molecule has 0 saturated carbocycles. The largest absolute Gasteiger partial charge is 0.496 e. The lowest BCUT2D eigenvalue weighted by atomic mass is 10.0. The van der Waals surface area contributed by atoms with Crippen LogP contribution in [0.15, 0.2) is 48.5 Å². The summed E-state index contributed by atoms with van der Waals surface area (Å²) in [7, 11) is 1.69. The Morgan fingerprint density at radius 1 is 1.00 bits per heavy atom. The number of rotatable bonds is 2. The van der Waals surface area contributed by atoms with Crippen LogP contribution in [0.3, 0.4) is 0 Å². The van der Waals surface area contributed by atoms with Crippen LogP contribution in [0.4, 0.5) is 0 Å². The second kappa shape index (κ2) is 4.18. The molecule has 0 fully saturated rings. The van der Waals surface area contributed by atoms with Crippen LogP contribution in [0.2, 0.25) is 0 Å². The van der Waals surface area contributed by atoms with Gasteiger partial charge in [-0.25, -0.2) is 0 Å². The van der Waals surface area contributed by atoms with Gasteiger partial charge in [0.05, 0.1) is 7.11 Å². The van der Waals surface area contributed by atoms with Crippen LogP contribution in [-0.4, -0.2) is 7.11 Å². The van der Waals surface area contributed by atoms with Crippen molar-refractivity contribution in [3.8, 4) is 16.9 Å². The Morgan fingerprint density at radius 3 is 2.53 bits per heavy atom. The summed E-state index contributed by atoms with van der Waals surface area (Å²) in [6.45, 7) is 3.92. The summed E-state index contributed by atoms with van der Waals surface area (Å²) >= 11 is 0. The number of ether oxygens (including phenoxy) is 1. The van der Waals surface area contributed by atoms with Gasteiger partial charge in [0.1, 0.15) is 5.75 Å². The first-order valence-electron chi connectivity index (χ1n) is 4.86. The Morgan fingerprint density at radius 2 is 1.80 bits per heavy atom. The molecule has 0 bridgehead atoms. The standard InChI is InChI=1S/C14H13O/c1-11-6-5-7-12(10-11)13-8-3-4-9-14(13)15-2/h3-10H,1H2,2H3. The van der Waals surface area contributed by atoms with Crippen molar-refractivity contribution in [3.05, 3.63) is 61.0 Å². The summed E-state index contributed by atoms with van der Waals surface area (Å²) in [6, 6.07) is 16.1. The highest BCUT2D eigenvalue weighted by Gasteiger charge is 2.03. The van der Waals surface area contributed by atoms with Gasteiger partial charge in [0, 0.05) is 5.56 Å². The molecule has 0 aliphatic heterocycles. The van der Waals surface area contributed by atoms with Gasteiger partial charge in [-0.15, -0.1) is 0 Å². The molecule has 2 aromatic carbocycles. The minimum Gasteiger partial charge on any atom is -0.496 e. The molecule has 0 amide bonds. The Hall–Kier alpha value is -1.76. The summed E-state index contributed by atoms with van der Waals surface area (Å²) in [5.41, 5.74) is 3.25. The van der Waals surface area contributed by atoms with Crippen molar-refractivity contribution in [2.75, 3.05) is 7.11 Å². The van der Waals surface area contributed by atoms with E-state index >= 15 is 0 Å². The van der Waals surface area contributed by atoms with E-state index in [1.165, 1.54) is 0 Å². The molecule has 0 aliphatic carbocycles. The molecule has 0 spiro atoms. The number of hydrogen-bond acceptors (Lipinski definition) is 1. The van der Waals surface area contributed by atoms with Gasteiger partial charge in [-0.3, -0.25) is 0 Å². The third-order valence-corrected chi connectivity index (χ3v) is 2.34. The Labute approximate surface area is 90.3 Å². The molecule has 0 aromatic heterocycles. The van der Waals surface area contributed by atoms with E-state index in [1.54, 1.807) is 7.11 Å². The van der Waals surface area contributed by atoms with Crippen molar-refractivity contribution >= 4 is 0 Å². The Bertz CT molecular complexity index is 460. The fraction of sp³-hybridized carbons (Fsp3) is 0.0714. The van der Waals surface area contributed by atoms with Crippen molar-refractivity contribution in [2.45, 2.75) is 0 Å². The number of hydrogen-bond donors (Lipinski definition) is 0. The second-order valence-electron chi connectivity index (χ2n) is 3.40. The first-order valence-corrected chi connectivity index (χ1v) is 4.86. The summed E-state index contributed by atoms with van der Waals surface area (Å²) in [6.07, 6.45) is 0. The minimum atomic E-state index is 0.892. The molecule has 0 unspecified atom stereocenters. The highest BCUT2D eigenvalue weighted by atomic mass is 16.5. The van der Waals surface area contributed by atoms with Crippen molar-refractivity contribution in [3.63, 3.8) is 0 Å². The van der Waals surface area contributed by atoms with E-state index in [9.17, 15) is 0 Å². The third-order valence-electron chi connectivity index (χ3n) is 2.34. The summed E-state index contributed by atoms with van der Waals surface area (Å²) in [4.78, 5) is 0. The molecule has 0 saturated heterocycles. The number of para-hydroxylation sites is 1. The molecular formula is C14H13O. The zero-order chi connectivity index (χ0) is 10.7. The predicted octanol–water partition coefficient (Wildman–Crippen LogP) is 3.54. The molecule has 75 valence electrons. The van der Waals surface area contributed by atoms with Crippen LogP contribution in [0.5, 0.6) is 5.75 Å². The average Bonchev–Trinajstić information content (AvgIpc) is 2.29. The smallest absolute Gasteiger partial charge is 0.126 e. The first-order chi connectivity index (χ1) is 7.31. The maximum atomic E-state index is 5.32. The van der Waals surface area contributed by atoms with Crippen LogP contribution in [0, 0.1) is 6.92 Å². The fourth-order valence-corrected chi connectivity index (χ4v) is 1.62. The van der Waals surface area contributed by atoms with E-state index < -0.39 is 0 Å². The Kier molecular flexibility index (Phi) is 2.72. The predicted molar refractivity (Wildman–Crippen MR) is 62.9 cm³/mol. The van der Waals surface area contributed by atoms with Crippen LogP contribution in [-0.2, 0) is 0 Å². The van der Waals surface area contributed by atoms with Crippen molar-refractivity contribution < 1.29 is 4.74 Å². The summed E-state index contributed by atoms with van der Waals surface area (Å²) in [5, 5.41) is 0. The van der Waals surface area contributed by atoms with Crippen molar-refractivity contribution in [1.29, 1.82) is 0 Å². The molecule has 0 aliphatic rings. The maximum Gasteiger partial charge on any atom is 0.126 e. The van der Waals surface area contributed by atoms with E-state index in [4.69, 9.17) is 4.74 Å². The molecule has 1 heteroatoms. The van der Waals surface area contributed by atoms with Gasteiger partial charge in [-0.05, 0) is 24.1 Å².